The zero-order valence-corrected chi connectivity index (χ0v) is 17.5. The number of thioether (sulfide) groups is 1. The SMILES string of the molecule is COc1ccc(C(CNC(=O)CSc2ccc(Cl)cc2)N2CCOCC2)cc1. The Morgan fingerprint density at radius 3 is 2.50 bits per heavy atom. The van der Waals surface area contributed by atoms with E-state index in [1.807, 2.05) is 36.4 Å². The van der Waals surface area contributed by atoms with E-state index < -0.39 is 0 Å². The van der Waals surface area contributed by atoms with Gasteiger partial charge in [0.05, 0.1) is 32.1 Å². The zero-order valence-electron chi connectivity index (χ0n) is 15.9. The first-order valence-corrected chi connectivity index (χ1v) is 10.6. The van der Waals surface area contributed by atoms with E-state index in [-0.39, 0.29) is 11.9 Å². The van der Waals surface area contributed by atoms with Gasteiger partial charge in [0.2, 0.25) is 5.91 Å². The van der Waals surface area contributed by atoms with Gasteiger partial charge in [-0.3, -0.25) is 9.69 Å². The minimum absolute atomic E-state index is 0.0201. The first-order valence-electron chi connectivity index (χ1n) is 9.26. The molecule has 0 radical (unpaired) electrons. The fourth-order valence-corrected chi connectivity index (χ4v) is 3.97. The van der Waals surface area contributed by atoms with Crippen LogP contribution in [0.3, 0.4) is 0 Å². The normalized spacial score (nSPS) is 15.8. The molecule has 28 heavy (non-hydrogen) atoms. The molecule has 0 aromatic heterocycles. The highest BCUT2D eigenvalue weighted by atomic mass is 35.5. The molecule has 0 aliphatic carbocycles. The Hall–Kier alpha value is -1.73. The summed E-state index contributed by atoms with van der Waals surface area (Å²) in [5.74, 6) is 1.22. The maximum atomic E-state index is 12.4. The van der Waals surface area contributed by atoms with Gasteiger partial charge in [0, 0.05) is 29.6 Å². The third-order valence-electron chi connectivity index (χ3n) is 4.66. The van der Waals surface area contributed by atoms with Crippen LogP contribution in [0.5, 0.6) is 5.75 Å². The van der Waals surface area contributed by atoms with Crippen molar-refractivity contribution in [3.8, 4) is 5.75 Å². The Balaban J connectivity index is 1.58. The molecule has 0 spiro atoms. The molecule has 0 bridgehead atoms. The van der Waals surface area contributed by atoms with Crippen molar-refractivity contribution in [1.82, 2.24) is 10.2 Å². The van der Waals surface area contributed by atoms with E-state index in [2.05, 4.69) is 22.3 Å². The third kappa shape index (κ3) is 6.14. The summed E-state index contributed by atoms with van der Waals surface area (Å²) in [5, 5.41) is 3.79. The first kappa shape index (κ1) is 21.0. The number of methoxy groups -OCH3 is 1. The summed E-state index contributed by atoms with van der Waals surface area (Å²) in [6.45, 7) is 3.70. The summed E-state index contributed by atoms with van der Waals surface area (Å²) < 4.78 is 10.7. The number of carbonyl (C=O) groups is 1. The van der Waals surface area contributed by atoms with Crippen LogP contribution in [-0.4, -0.2) is 56.5 Å². The summed E-state index contributed by atoms with van der Waals surface area (Å²) in [4.78, 5) is 15.8. The van der Waals surface area contributed by atoms with E-state index in [0.29, 0.717) is 30.5 Å². The summed E-state index contributed by atoms with van der Waals surface area (Å²) >= 11 is 7.40. The van der Waals surface area contributed by atoms with E-state index in [0.717, 1.165) is 29.3 Å². The quantitative estimate of drug-likeness (QED) is 0.661. The number of nitrogens with one attached hydrogen (secondary N) is 1. The van der Waals surface area contributed by atoms with Crippen LogP contribution in [0.2, 0.25) is 5.02 Å². The highest BCUT2D eigenvalue weighted by Crippen LogP contribution is 2.24. The Kier molecular flexibility index (Phi) is 8.03. The fourth-order valence-electron chi connectivity index (χ4n) is 3.11. The molecule has 1 fully saturated rings. The number of benzene rings is 2. The van der Waals surface area contributed by atoms with Gasteiger partial charge in [0.15, 0.2) is 0 Å². The van der Waals surface area contributed by atoms with Crippen LogP contribution in [0.4, 0.5) is 0 Å². The van der Waals surface area contributed by atoms with Crippen molar-refractivity contribution >= 4 is 29.3 Å². The van der Waals surface area contributed by atoms with Crippen LogP contribution in [-0.2, 0) is 9.53 Å². The van der Waals surface area contributed by atoms with Crippen molar-refractivity contribution in [2.75, 3.05) is 45.7 Å². The number of amides is 1. The van der Waals surface area contributed by atoms with Crippen molar-refractivity contribution in [2.24, 2.45) is 0 Å². The minimum Gasteiger partial charge on any atom is -0.497 e. The molecule has 1 heterocycles. The van der Waals surface area contributed by atoms with E-state index in [9.17, 15) is 4.79 Å². The van der Waals surface area contributed by atoms with Crippen molar-refractivity contribution in [2.45, 2.75) is 10.9 Å². The van der Waals surface area contributed by atoms with Crippen LogP contribution >= 0.6 is 23.4 Å². The topological polar surface area (TPSA) is 50.8 Å². The number of rotatable bonds is 8. The summed E-state index contributed by atoms with van der Waals surface area (Å²) in [7, 11) is 1.66. The number of morpholine rings is 1. The molecule has 1 N–H and O–H groups in total. The summed E-state index contributed by atoms with van der Waals surface area (Å²) in [5.41, 5.74) is 1.16. The molecule has 1 aliphatic rings. The van der Waals surface area contributed by atoms with Gasteiger partial charge < -0.3 is 14.8 Å². The lowest BCUT2D eigenvalue weighted by Gasteiger charge is -2.35. The van der Waals surface area contributed by atoms with Crippen LogP contribution in [0, 0.1) is 0 Å². The van der Waals surface area contributed by atoms with Crippen LogP contribution in [0.15, 0.2) is 53.4 Å². The van der Waals surface area contributed by atoms with Crippen LogP contribution in [0.1, 0.15) is 11.6 Å². The van der Waals surface area contributed by atoms with Gasteiger partial charge in [0.1, 0.15) is 5.75 Å². The lowest BCUT2D eigenvalue weighted by molar-refractivity contribution is -0.118. The number of carbonyl (C=O) groups excluding carboxylic acids is 1. The van der Waals surface area contributed by atoms with Crippen molar-refractivity contribution in [3.05, 3.63) is 59.1 Å². The number of nitrogens with zero attached hydrogens (tertiary/aromatic N) is 1. The van der Waals surface area contributed by atoms with Crippen molar-refractivity contribution < 1.29 is 14.3 Å². The Morgan fingerprint density at radius 2 is 1.86 bits per heavy atom. The van der Waals surface area contributed by atoms with Gasteiger partial charge >= 0.3 is 0 Å². The number of hydrogen-bond acceptors (Lipinski definition) is 5. The van der Waals surface area contributed by atoms with Crippen molar-refractivity contribution in [3.63, 3.8) is 0 Å². The molecule has 150 valence electrons. The summed E-state index contributed by atoms with van der Waals surface area (Å²) in [6, 6.07) is 15.7. The predicted octanol–water partition coefficient (Wildman–Crippen LogP) is 3.63. The first-order chi connectivity index (χ1) is 13.7. The Morgan fingerprint density at radius 1 is 1.18 bits per heavy atom. The lowest BCUT2D eigenvalue weighted by Crippen LogP contribution is -2.44. The second-order valence-corrected chi connectivity index (χ2v) is 7.97. The zero-order chi connectivity index (χ0) is 19.8. The second kappa shape index (κ2) is 10.7. The van der Waals surface area contributed by atoms with Gasteiger partial charge in [-0.2, -0.15) is 0 Å². The fraction of sp³-hybridized carbons (Fsp3) is 0.381. The highest BCUT2D eigenvalue weighted by molar-refractivity contribution is 8.00. The van der Waals surface area contributed by atoms with E-state index in [1.54, 1.807) is 7.11 Å². The van der Waals surface area contributed by atoms with Gasteiger partial charge in [0.25, 0.3) is 0 Å². The van der Waals surface area contributed by atoms with E-state index in [1.165, 1.54) is 11.8 Å². The average Bonchev–Trinajstić information content (AvgIpc) is 2.74. The number of hydrogen-bond donors (Lipinski definition) is 1. The van der Waals surface area contributed by atoms with Gasteiger partial charge in [-0.1, -0.05) is 23.7 Å². The molecular weight excluding hydrogens is 396 g/mol. The van der Waals surface area contributed by atoms with Crippen molar-refractivity contribution in [1.29, 1.82) is 0 Å². The lowest BCUT2D eigenvalue weighted by atomic mass is 10.0. The highest BCUT2D eigenvalue weighted by Gasteiger charge is 2.23. The minimum atomic E-state index is 0.0201. The summed E-state index contributed by atoms with van der Waals surface area (Å²) in [6.07, 6.45) is 0. The molecule has 1 aliphatic heterocycles. The predicted molar refractivity (Wildman–Crippen MR) is 113 cm³/mol. The molecular formula is C21H25ClN2O3S. The molecule has 3 rings (SSSR count). The van der Waals surface area contributed by atoms with Crippen LogP contribution in [0.25, 0.3) is 0 Å². The largest absolute Gasteiger partial charge is 0.497 e. The number of ether oxygens (including phenoxy) is 2. The molecule has 0 saturated carbocycles. The molecule has 1 unspecified atom stereocenters. The number of halogens is 1. The van der Waals surface area contributed by atoms with Gasteiger partial charge in [-0.05, 0) is 42.0 Å². The smallest absolute Gasteiger partial charge is 0.230 e. The van der Waals surface area contributed by atoms with Crippen LogP contribution < -0.4 is 10.1 Å². The molecule has 7 heteroatoms. The molecule has 5 nitrogen and oxygen atoms in total. The third-order valence-corrected chi connectivity index (χ3v) is 5.93. The molecule has 1 amide bonds. The average molecular weight is 421 g/mol. The molecule has 2 aromatic carbocycles. The monoisotopic (exact) mass is 420 g/mol. The Bertz CT molecular complexity index is 749. The van der Waals surface area contributed by atoms with E-state index >= 15 is 0 Å². The maximum absolute atomic E-state index is 12.4. The Labute approximate surface area is 175 Å². The standard InChI is InChI=1S/C21H25ClN2O3S/c1-26-18-6-2-16(3-7-18)20(24-10-12-27-13-11-24)14-23-21(25)15-28-19-8-4-17(22)5-9-19/h2-9,20H,10-15H2,1H3,(H,23,25). The molecule has 1 atom stereocenters. The van der Waals surface area contributed by atoms with E-state index in [4.69, 9.17) is 21.1 Å². The molecule has 1 saturated heterocycles. The van der Waals surface area contributed by atoms with Gasteiger partial charge in [-0.25, -0.2) is 0 Å². The van der Waals surface area contributed by atoms with Gasteiger partial charge in [-0.15, -0.1) is 11.8 Å². The maximum Gasteiger partial charge on any atom is 0.230 e. The second-order valence-electron chi connectivity index (χ2n) is 6.48. The molecule has 2 aromatic rings.